The average Bonchev–Trinajstić information content (AvgIpc) is 2.04. The van der Waals surface area contributed by atoms with Crippen molar-refractivity contribution in [2.45, 2.75) is 133 Å². The van der Waals surface area contributed by atoms with Gasteiger partial charge in [-0.15, -0.1) is 0 Å². The first-order chi connectivity index (χ1) is 42.7. The van der Waals surface area contributed by atoms with Gasteiger partial charge in [-0.25, -0.2) is 29.6 Å². The molecule has 0 bridgehead atoms. The SMILES string of the molecule is C.CCC[CH2][Sn]([CH2]CCC)([CH2]CCC)[c]1ccnc(CC)c1.[C-]#[N+]c1cnc(N)nc1N[C@@H](C)c1cc2cccc(-c3ccnc(CC)c3)c2c(=O)n1-c1ccccc1.[C-]#[N+]c1cnc(N)nc1N[C@@H](C)c1cc2cccc(Cl)c2c(=O)n1-c1ccccc1. The molecular weight excluding hydrogens is 1240 g/mol. The normalized spacial score (nSPS) is 11.6. The number of hydrogen-bond donors (Lipinski definition) is 4. The van der Waals surface area contributed by atoms with Crippen molar-refractivity contribution in [2.24, 2.45) is 0 Å². The maximum atomic E-state index is 14.3. The quantitative estimate of drug-likeness (QED) is 0.0392. The minimum atomic E-state index is -2.20. The molecule has 0 spiro atoms. The summed E-state index contributed by atoms with van der Waals surface area (Å²) in [4.78, 5) is 59.8. The van der Waals surface area contributed by atoms with Gasteiger partial charge in [0.1, 0.15) is 11.6 Å². The van der Waals surface area contributed by atoms with Crippen molar-refractivity contribution in [3.63, 3.8) is 0 Å². The summed E-state index contributed by atoms with van der Waals surface area (Å²) in [5.74, 6) is 0.750. The molecule has 6 heterocycles. The topological polar surface area (TPSA) is 206 Å². The van der Waals surface area contributed by atoms with Crippen LogP contribution in [-0.4, -0.2) is 57.4 Å². The van der Waals surface area contributed by atoms with Crippen LogP contribution in [0.15, 0.2) is 168 Å². The molecule has 0 aliphatic rings. The summed E-state index contributed by atoms with van der Waals surface area (Å²) in [7, 11) is 0. The van der Waals surface area contributed by atoms with E-state index in [0.717, 1.165) is 51.8 Å². The third-order valence-corrected chi connectivity index (χ3v) is 31.8. The Morgan fingerprint density at radius 2 is 1.01 bits per heavy atom. The molecule has 10 rings (SSSR count). The number of nitrogens with one attached hydrogen (secondary N) is 2. The van der Waals surface area contributed by atoms with Gasteiger partial charge in [0.15, 0.2) is 0 Å². The van der Waals surface area contributed by atoms with Gasteiger partial charge < -0.3 is 22.1 Å². The average molecular weight is 1320 g/mol. The summed E-state index contributed by atoms with van der Waals surface area (Å²) >= 11 is 4.14. The first-order valence-electron chi connectivity index (χ1n) is 30.3. The van der Waals surface area contributed by atoms with Gasteiger partial charge in [0.25, 0.3) is 11.1 Å². The Labute approximate surface area is 532 Å². The van der Waals surface area contributed by atoms with Crippen molar-refractivity contribution in [3.05, 3.63) is 230 Å². The third kappa shape index (κ3) is 16.2. The monoisotopic (exact) mass is 1320 g/mol. The molecule has 0 unspecified atom stereocenters. The summed E-state index contributed by atoms with van der Waals surface area (Å²) in [6, 6.07) is 42.1. The van der Waals surface area contributed by atoms with Crippen LogP contribution >= 0.6 is 11.6 Å². The summed E-state index contributed by atoms with van der Waals surface area (Å²) in [6.07, 6.45) is 16.9. The molecule has 0 fully saturated rings. The molecule has 0 aliphatic carbocycles. The number of nitrogens with zero attached hydrogens (tertiary/aromatic N) is 10. The van der Waals surface area contributed by atoms with Crippen molar-refractivity contribution >= 4 is 90.0 Å². The minimum absolute atomic E-state index is 0. The van der Waals surface area contributed by atoms with E-state index in [4.69, 9.17) is 36.2 Å². The van der Waals surface area contributed by atoms with Gasteiger partial charge in [0.2, 0.25) is 23.3 Å². The summed E-state index contributed by atoms with van der Waals surface area (Å²) < 4.78 is 9.77. The standard InChI is InChI=1S/C29H25N7O.C22H17ClN6O.C7H8N.3C4H9.CH4.Sn/c1-4-21-15-19(13-14-32-21)23-12-8-9-20-16-25(18(2)34-27-24(31-3)17-33-29(30)35-27)36(28(37)26(20)23)22-10-6-5-7-11-22;1-13(27-20-17(25-2)12-26-22(24)28-20)18-11-14-7-6-10-16(23)19(14)21(30)29(18)15-8-4-3-5-9-15;1-2-7-5-3-4-6-8-7;3*1-3-4-2;;/h5-18H,4H2,1-2H3,(H3,30,33,34,35);3-13H,1H3,(H3,24,26,27,28);4-6H,2H2,1H3;3*1,3-4H2,2H3;1H4;/t18-;13-;;;;;;/m00....../s1. The number of benzene rings is 4. The first-order valence-corrected chi connectivity index (χ1v) is 38.1. The number of aromatic nitrogens is 8. The van der Waals surface area contributed by atoms with Crippen LogP contribution in [0.4, 0.5) is 34.9 Å². The molecule has 4 aromatic carbocycles. The number of pyridine rings is 4. The van der Waals surface area contributed by atoms with Crippen molar-refractivity contribution < 1.29 is 0 Å². The number of fused-ring (bicyclic) bond motifs is 2. The number of halogens is 1. The number of unbranched alkanes of at least 4 members (excludes halogenated alkanes) is 3. The Hall–Kier alpha value is -8.97. The largest absolute Gasteiger partial charge is 0.371 e. The Morgan fingerprint density at radius 3 is 1.48 bits per heavy atom. The van der Waals surface area contributed by atoms with Crippen LogP contribution in [0.5, 0.6) is 0 Å². The van der Waals surface area contributed by atoms with Crippen molar-refractivity contribution in [1.82, 2.24) is 39.0 Å². The molecular formula is C71H81ClN14O2Sn. The fourth-order valence-electron chi connectivity index (χ4n) is 11.2. The summed E-state index contributed by atoms with van der Waals surface area (Å²) in [5, 5.41) is 9.50. The molecule has 0 saturated carbocycles. The molecule has 89 heavy (non-hydrogen) atoms. The van der Waals surface area contributed by atoms with E-state index in [9.17, 15) is 9.59 Å². The van der Waals surface area contributed by atoms with Crippen molar-refractivity contribution in [1.29, 1.82) is 0 Å². The second kappa shape index (κ2) is 32.3. The van der Waals surface area contributed by atoms with Crippen LogP contribution in [0.1, 0.15) is 129 Å². The van der Waals surface area contributed by atoms with Crippen LogP contribution in [-0.2, 0) is 12.8 Å². The molecule has 0 radical (unpaired) electrons. The molecule has 10 aromatic rings. The Bertz CT molecular complexity index is 4200. The molecule has 6 aromatic heterocycles. The van der Waals surface area contributed by atoms with Crippen LogP contribution in [0.3, 0.4) is 0 Å². The predicted molar refractivity (Wildman–Crippen MR) is 371 cm³/mol. The second-order valence-corrected chi connectivity index (χ2v) is 35.5. The fourth-order valence-corrected chi connectivity index (χ4v) is 27.5. The van der Waals surface area contributed by atoms with Gasteiger partial charge >= 0.3 is 137 Å². The molecule has 0 saturated heterocycles. The Morgan fingerprint density at radius 1 is 0.562 bits per heavy atom. The van der Waals surface area contributed by atoms with Crippen molar-refractivity contribution in [3.8, 4) is 22.5 Å². The summed E-state index contributed by atoms with van der Waals surface area (Å²) in [5.41, 5.74) is 18.6. The van der Waals surface area contributed by atoms with Gasteiger partial charge in [-0.1, -0.05) is 92.7 Å². The van der Waals surface area contributed by atoms with E-state index in [1.165, 1.54) is 56.6 Å². The zero-order chi connectivity index (χ0) is 62.7. The number of anilines is 4. The number of nitrogen functional groups attached to an aromatic ring is 2. The summed E-state index contributed by atoms with van der Waals surface area (Å²) in [6.45, 7) is 29.9. The van der Waals surface area contributed by atoms with Gasteiger partial charge in [-0.3, -0.25) is 23.7 Å². The maximum Gasteiger partial charge on any atom is 0.264 e. The fraction of sp³-hybridized carbons (Fsp3) is 0.296. The molecule has 0 amide bonds. The van der Waals surface area contributed by atoms with Crippen LogP contribution in [0, 0.1) is 13.1 Å². The number of para-hydroxylation sites is 2. The Kier molecular flexibility index (Phi) is 24.5. The molecule has 18 heteroatoms. The van der Waals surface area contributed by atoms with E-state index in [0.29, 0.717) is 38.8 Å². The zero-order valence-corrected chi connectivity index (χ0v) is 54.9. The van der Waals surface area contributed by atoms with Gasteiger partial charge in [-0.05, 0) is 96.8 Å². The predicted octanol–water partition coefficient (Wildman–Crippen LogP) is 16.8. The van der Waals surface area contributed by atoms with E-state index in [1.54, 1.807) is 44.4 Å². The zero-order valence-electron chi connectivity index (χ0n) is 51.3. The number of hydrogen-bond acceptors (Lipinski definition) is 12. The van der Waals surface area contributed by atoms with Gasteiger partial charge in [0.05, 0.1) is 41.0 Å². The molecule has 16 nitrogen and oxygen atoms in total. The Balaban J connectivity index is 0.000000197. The second-order valence-electron chi connectivity index (χ2n) is 21.8. The van der Waals surface area contributed by atoms with Gasteiger partial charge in [0, 0.05) is 47.0 Å². The maximum absolute atomic E-state index is 14.3. The van der Waals surface area contributed by atoms with E-state index < -0.39 is 18.4 Å². The van der Waals surface area contributed by atoms with E-state index in [1.807, 2.05) is 123 Å². The molecule has 0 aliphatic heterocycles. The first kappa shape index (κ1) is 67.5. The van der Waals surface area contributed by atoms with Crippen LogP contribution < -0.4 is 36.8 Å². The van der Waals surface area contributed by atoms with E-state index in [-0.39, 0.29) is 53.9 Å². The smallest absolute Gasteiger partial charge is 0.264 e. The number of rotatable bonds is 21. The number of aryl methyl sites for hydroxylation is 2. The number of nitrogens with two attached hydrogens (primary N) is 2. The van der Waals surface area contributed by atoms with Crippen molar-refractivity contribution in [2.75, 3.05) is 22.1 Å². The van der Waals surface area contributed by atoms with Crippen LogP contribution in [0.25, 0.3) is 53.7 Å². The molecule has 458 valence electrons. The van der Waals surface area contributed by atoms with Crippen LogP contribution in [0.2, 0.25) is 18.3 Å². The van der Waals surface area contributed by atoms with Gasteiger partial charge in [-0.2, -0.15) is 0 Å². The van der Waals surface area contributed by atoms with E-state index >= 15 is 0 Å². The van der Waals surface area contributed by atoms with E-state index in [2.05, 4.69) is 103 Å². The molecule has 2 atom stereocenters. The third-order valence-electron chi connectivity index (χ3n) is 15.8. The molecule has 6 N–H and O–H groups in total. The minimum Gasteiger partial charge on any atom is -0.371 e.